The molecule has 2 rings (SSSR count). The highest BCUT2D eigenvalue weighted by Crippen LogP contribution is 2.28. The molecular formula is C15H17FN2O4. The molecule has 0 saturated heterocycles. The highest BCUT2D eigenvalue weighted by atomic mass is 19.1. The summed E-state index contributed by atoms with van der Waals surface area (Å²) in [6.45, 7) is 3.37. The molecule has 0 bridgehead atoms. The van der Waals surface area contributed by atoms with Crippen molar-refractivity contribution in [1.82, 2.24) is 10.3 Å². The SMILES string of the molecule is COc1ccc(F)c2[nH]c(C(=O)NC(C(=O)O)C(C)C)cc12. The second-order valence-corrected chi connectivity index (χ2v) is 5.25. The second-order valence-electron chi connectivity index (χ2n) is 5.25. The van der Waals surface area contributed by atoms with Gasteiger partial charge in [0, 0.05) is 5.39 Å². The Morgan fingerprint density at radius 1 is 1.36 bits per heavy atom. The van der Waals surface area contributed by atoms with Crippen molar-refractivity contribution >= 4 is 22.8 Å². The summed E-state index contributed by atoms with van der Waals surface area (Å²) < 4.78 is 18.9. The molecule has 1 amide bonds. The van der Waals surface area contributed by atoms with Gasteiger partial charge >= 0.3 is 5.97 Å². The molecule has 1 heterocycles. The van der Waals surface area contributed by atoms with Gasteiger partial charge in [-0.15, -0.1) is 0 Å². The number of aromatic amines is 1. The number of amides is 1. The number of hydrogen-bond acceptors (Lipinski definition) is 3. The quantitative estimate of drug-likeness (QED) is 0.789. The number of ether oxygens (including phenoxy) is 1. The van der Waals surface area contributed by atoms with Crippen LogP contribution in [0.1, 0.15) is 24.3 Å². The van der Waals surface area contributed by atoms with Crippen molar-refractivity contribution in [2.45, 2.75) is 19.9 Å². The van der Waals surface area contributed by atoms with Gasteiger partial charge in [-0.1, -0.05) is 13.8 Å². The van der Waals surface area contributed by atoms with E-state index < -0.39 is 23.7 Å². The fraction of sp³-hybridized carbons (Fsp3) is 0.333. The molecule has 1 unspecified atom stereocenters. The van der Waals surface area contributed by atoms with Crippen molar-refractivity contribution in [3.63, 3.8) is 0 Å². The number of benzene rings is 1. The number of methoxy groups -OCH3 is 1. The molecule has 0 aliphatic carbocycles. The van der Waals surface area contributed by atoms with Gasteiger partial charge < -0.3 is 20.1 Å². The van der Waals surface area contributed by atoms with E-state index in [0.29, 0.717) is 11.1 Å². The van der Waals surface area contributed by atoms with Gasteiger partial charge in [0.05, 0.1) is 12.6 Å². The van der Waals surface area contributed by atoms with Crippen molar-refractivity contribution in [1.29, 1.82) is 0 Å². The number of hydrogen-bond donors (Lipinski definition) is 3. The molecule has 7 heteroatoms. The largest absolute Gasteiger partial charge is 0.496 e. The van der Waals surface area contributed by atoms with Crippen LogP contribution >= 0.6 is 0 Å². The number of halogens is 1. The molecule has 0 saturated carbocycles. The van der Waals surface area contributed by atoms with Crippen LogP contribution in [-0.2, 0) is 4.79 Å². The predicted molar refractivity (Wildman–Crippen MR) is 78.5 cm³/mol. The number of aliphatic carboxylic acids is 1. The summed E-state index contributed by atoms with van der Waals surface area (Å²) in [7, 11) is 1.44. The zero-order chi connectivity index (χ0) is 16.4. The van der Waals surface area contributed by atoms with Crippen LogP contribution in [0.25, 0.3) is 10.9 Å². The first-order valence-corrected chi connectivity index (χ1v) is 6.74. The standard InChI is InChI=1S/C15H17FN2O4/c1-7(2)12(15(20)21)18-14(19)10-6-8-11(22-3)5-4-9(16)13(8)17-10/h4-7,12,17H,1-3H3,(H,18,19)(H,20,21). The van der Waals surface area contributed by atoms with Crippen LogP contribution in [-0.4, -0.2) is 35.1 Å². The monoisotopic (exact) mass is 308 g/mol. The van der Waals surface area contributed by atoms with Gasteiger partial charge in [0.15, 0.2) is 0 Å². The third-order valence-electron chi connectivity index (χ3n) is 3.39. The minimum Gasteiger partial charge on any atom is -0.496 e. The summed E-state index contributed by atoms with van der Waals surface area (Å²) >= 11 is 0. The summed E-state index contributed by atoms with van der Waals surface area (Å²) in [5.74, 6) is -2.11. The van der Waals surface area contributed by atoms with E-state index in [0.717, 1.165) is 0 Å². The molecule has 1 aromatic heterocycles. The summed E-state index contributed by atoms with van der Waals surface area (Å²) in [4.78, 5) is 26.0. The maximum absolute atomic E-state index is 13.8. The lowest BCUT2D eigenvalue weighted by Gasteiger charge is -2.17. The van der Waals surface area contributed by atoms with Gasteiger partial charge in [-0.2, -0.15) is 0 Å². The molecule has 2 aromatic rings. The first-order valence-electron chi connectivity index (χ1n) is 6.74. The van der Waals surface area contributed by atoms with Crippen LogP contribution in [0.15, 0.2) is 18.2 Å². The summed E-state index contributed by atoms with van der Waals surface area (Å²) in [6, 6.07) is 3.10. The molecule has 118 valence electrons. The number of carboxylic acid groups (broad SMARTS) is 1. The van der Waals surface area contributed by atoms with E-state index >= 15 is 0 Å². The number of rotatable bonds is 5. The van der Waals surface area contributed by atoms with Crippen molar-refractivity contribution in [2.24, 2.45) is 5.92 Å². The van der Waals surface area contributed by atoms with Crippen LogP contribution in [0, 0.1) is 11.7 Å². The summed E-state index contributed by atoms with van der Waals surface area (Å²) in [5, 5.41) is 11.9. The minimum absolute atomic E-state index is 0.0744. The third kappa shape index (κ3) is 2.88. The van der Waals surface area contributed by atoms with E-state index in [2.05, 4.69) is 10.3 Å². The Balaban J connectivity index is 2.37. The fourth-order valence-electron chi connectivity index (χ4n) is 2.19. The Hall–Kier alpha value is -2.57. The number of carbonyl (C=O) groups excluding carboxylic acids is 1. The zero-order valence-electron chi connectivity index (χ0n) is 12.4. The normalized spacial score (nSPS) is 12.4. The lowest BCUT2D eigenvalue weighted by Crippen LogP contribution is -2.44. The molecule has 1 aromatic carbocycles. The molecule has 0 radical (unpaired) electrons. The highest BCUT2D eigenvalue weighted by molar-refractivity contribution is 6.01. The zero-order valence-corrected chi connectivity index (χ0v) is 12.4. The molecule has 0 fully saturated rings. The number of carbonyl (C=O) groups is 2. The molecule has 0 aliphatic rings. The van der Waals surface area contributed by atoms with Gasteiger partial charge in [-0.25, -0.2) is 9.18 Å². The second kappa shape index (κ2) is 6.05. The smallest absolute Gasteiger partial charge is 0.326 e. The van der Waals surface area contributed by atoms with Gasteiger partial charge in [0.2, 0.25) is 0 Å². The Bertz CT molecular complexity index is 724. The summed E-state index contributed by atoms with van der Waals surface area (Å²) in [6.07, 6.45) is 0. The van der Waals surface area contributed by atoms with Crippen LogP contribution in [0.5, 0.6) is 5.75 Å². The fourth-order valence-corrected chi connectivity index (χ4v) is 2.19. The first-order chi connectivity index (χ1) is 10.3. The Kier molecular flexibility index (Phi) is 4.35. The van der Waals surface area contributed by atoms with E-state index in [-0.39, 0.29) is 17.1 Å². The van der Waals surface area contributed by atoms with Gasteiger partial charge in [0.25, 0.3) is 5.91 Å². The van der Waals surface area contributed by atoms with Crippen LogP contribution in [0.4, 0.5) is 4.39 Å². The Morgan fingerprint density at radius 2 is 2.05 bits per heavy atom. The average Bonchev–Trinajstić information content (AvgIpc) is 2.90. The van der Waals surface area contributed by atoms with Gasteiger partial charge in [-0.3, -0.25) is 4.79 Å². The van der Waals surface area contributed by atoms with Crippen molar-refractivity contribution in [2.75, 3.05) is 7.11 Å². The van der Waals surface area contributed by atoms with E-state index in [4.69, 9.17) is 9.84 Å². The van der Waals surface area contributed by atoms with E-state index in [1.54, 1.807) is 13.8 Å². The maximum Gasteiger partial charge on any atom is 0.326 e. The van der Waals surface area contributed by atoms with E-state index in [1.807, 2.05) is 0 Å². The van der Waals surface area contributed by atoms with E-state index in [9.17, 15) is 14.0 Å². The number of aromatic nitrogens is 1. The number of carboxylic acids is 1. The molecule has 0 spiro atoms. The number of nitrogens with one attached hydrogen (secondary N) is 2. The van der Waals surface area contributed by atoms with Crippen molar-refractivity contribution in [3.05, 3.63) is 29.7 Å². The Labute approximate surface area is 126 Å². The molecule has 3 N–H and O–H groups in total. The topological polar surface area (TPSA) is 91.4 Å². The third-order valence-corrected chi connectivity index (χ3v) is 3.39. The van der Waals surface area contributed by atoms with Gasteiger partial charge in [0.1, 0.15) is 23.3 Å². The van der Waals surface area contributed by atoms with Crippen LogP contribution in [0.2, 0.25) is 0 Å². The van der Waals surface area contributed by atoms with Crippen molar-refractivity contribution in [3.8, 4) is 5.75 Å². The predicted octanol–water partition coefficient (Wildman–Crippen LogP) is 2.15. The summed E-state index contributed by atoms with van der Waals surface area (Å²) in [5.41, 5.74) is 0.214. The van der Waals surface area contributed by atoms with Crippen LogP contribution < -0.4 is 10.1 Å². The maximum atomic E-state index is 13.8. The van der Waals surface area contributed by atoms with Crippen molar-refractivity contribution < 1.29 is 23.8 Å². The lowest BCUT2D eigenvalue weighted by molar-refractivity contribution is -0.140. The molecule has 0 aliphatic heterocycles. The van der Waals surface area contributed by atoms with E-state index in [1.165, 1.54) is 25.3 Å². The number of fused-ring (bicyclic) bond motifs is 1. The molecule has 22 heavy (non-hydrogen) atoms. The average molecular weight is 308 g/mol. The molecule has 1 atom stereocenters. The first kappa shape index (κ1) is 15.8. The Morgan fingerprint density at radius 3 is 2.59 bits per heavy atom. The molecule has 6 nitrogen and oxygen atoms in total. The highest BCUT2D eigenvalue weighted by Gasteiger charge is 2.25. The van der Waals surface area contributed by atoms with Gasteiger partial charge in [-0.05, 0) is 24.1 Å². The minimum atomic E-state index is -1.12. The molecular weight excluding hydrogens is 291 g/mol. The lowest BCUT2D eigenvalue weighted by atomic mass is 10.0. The number of H-pyrrole nitrogens is 1. The van der Waals surface area contributed by atoms with Crippen LogP contribution in [0.3, 0.4) is 0 Å².